The van der Waals surface area contributed by atoms with Crippen molar-refractivity contribution in [2.24, 2.45) is 11.7 Å². The van der Waals surface area contributed by atoms with Crippen molar-refractivity contribution in [3.8, 4) is 5.75 Å². The third-order valence-corrected chi connectivity index (χ3v) is 3.70. The van der Waals surface area contributed by atoms with E-state index in [2.05, 4.69) is 26.0 Å². The van der Waals surface area contributed by atoms with Crippen molar-refractivity contribution in [3.63, 3.8) is 0 Å². The Kier molecular flexibility index (Phi) is 4.63. The molecule has 2 aromatic carbocycles. The van der Waals surface area contributed by atoms with Crippen molar-refractivity contribution in [2.75, 3.05) is 7.11 Å². The second kappa shape index (κ2) is 6.44. The van der Waals surface area contributed by atoms with Gasteiger partial charge in [-0.05, 0) is 41.3 Å². The second-order valence-corrected chi connectivity index (χ2v) is 5.48. The summed E-state index contributed by atoms with van der Waals surface area (Å²) in [6.07, 6.45) is 0. The second-order valence-electron chi connectivity index (χ2n) is 5.48. The summed E-state index contributed by atoms with van der Waals surface area (Å²) >= 11 is 0. The molecule has 0 radical (unpaired) electrons. The fourth-order valence-electron chi connectivity index (χ4n) is 2.63. The van der Waals surface area contributed by atoms with Crippen molar-refractivity contribution in [3.05, 3.63) is 65.2 Å². The first-order valence-corrected chi connectivity index (χ1v) is 7.06. The molecule has 1 atom stereocenters. The van der Waals surface area contributed by atoms with Crippen molar-refractivity contribution >= 4 is 5.91 Å². The van der Waals surface area contributed by atoms with E-state index in [9.17, 15) is 4.79 Å². The number of amides is 1. The highest BCUT2D eigenvalue weighted by Gasteiger charge is 2.18. The summed E-state index contributed by atoms with van der Waals surface area (Å²) in [5, 5.41) is 0. The highest BCUT2D eigenvalue weighted by Crippen LogP contribution is 2.32. The third-order valence-electron chi connectivity index (χ3n) is 3.70. The van der Waals surface area contributed by atoms with E-state index in [1.165, 1.54) is 11.1 Å². The molecule has 0 aromatic heterocycles. The molecule has 0 aliphatic heterocycles. The Labute approximate surface area is 125 Å². The zero-order valence-corrected chi connectivity index (χ0v) is 12.7. The van der Waals surface area contributed by atoms with Gasteiger partial charge in [-0.25, -0.2) is 0 Å². The van der Waals surface area contributed by atoms with Crippen LogP contribution in [-0.4, -0.2) is 13.0 Å². The highest BCUT2D eigenvalue weighted by molar-refractivity contribution is 5.92. The molecule has 0 aliphatic carbocycles. The van der Waals surface area contributed by atoms with Gasteiger partial charge in [0.1, 0.15) is 5.75 Å². The van der Waals surface area contributed by atoms with E-state index in [4.69, 9.17) is 10.5 Å². The molecule has 0 saturated carbocycles. The highest BCUT2D eigenvalue weighted by atomic mass is 16.5. The van der Waals surface area contributed by atoms with E-state index >= 15 is 0 Å². The summed E-state index contributed by atoms with van der Waals surface area (Å²) < 4.78 is 5.21. The van der Waals surface area contributed by atoms with Gasteiger partial charge in [-0.3, -0.25) is 4.79 Å². The SMILES string of the molecule is COc1ccc(C(c2ccc(C(N)=O)cc2)C(C)C)cc1. The van der Waals surface area contributed by atoms with Crippen LogP contribution in [0.1, 0.15) is 41.3 Å². The molecule has 3 nitrogen and oxygen atoms in total. The number of carbonyl (C=O) groups is 1. The molecule has 21 heavy (non-hydrogen) atoms. The van der Waals surface area contributed by atoms with Crippen LogP contribution in [0, 0.1) is 5.92 Å². The van der Waals surface area contributed by atoms with Crippen LogP contribution < -0.4 is 10.5 Å². The molecule has 2 rings (SSSR count). The Bertz CT molecular complexity index is 600. The van der Waals surface area contributed by atoms with E-state index in [-0.39, 0.29) is 5.92 Å². The number of benzene rings is 2. The number of methoxy groups -OCH3 is 1. The summed E-state index contributed by atoms with van der Waals surface area (Å²) in [5.41, 5.74) is 8.24. The van der Waals surface area contributed by atoms with Gasteiger partial charge in [0, 0.05) is 11.5 Å². The minimum Gasteiger partial charge on any atom is -0.497 e. The molecule has 0 heterocycles. The molecule has 2 N–H and O–H groups in total. The molecule has 1 amide bonds. The van der Waals surface area contributed by atoms with Gasteiger partial charge < -0.3 is 10.5 Å². The van der Waals surface area contributed by atoms with Gasteiger partial charge in [0.15, 0.2) is 0 Å². The fraction of sp³-hybridized carbons (Fsp3) is 0.278. The van der Waals surface area contributed by atoms with Crippen molar-refractivity contribution in [2.45, 2.75) is 19.8 Å². The number of nitrogens with two attached hydrogens (primary N) is 1. The first-order valence-electron chi connectivity index (χ1n) is 7.06. The maximum atomic E-state index is 11.2. The smallest absolute Gasteiger partial charge is 0.248 e. The number of primary amides is 1. The minimum absolute atomic E-state index is 0.276. The van der Waals surface area contributed by atoms with Crippen LogP contribution in [0.15, 0.2) is 48.5 Å². The first kappa shape index (κ1) is 15.1. The van der Waals surface area contributed by atoms with E-state index in [1.54, 1.807) is 19.2 Å². The predicted molar refractivity (Wildman–Crippen MR) is 84.6 cm³/mol. The maximum absolute atomic E-state index is 11.2. The van der Waals surface area contributed by atoms with Crippen LogP contribution in [0.5, 0.6) is 5.75 Å². The third kappa shape index (κ3) is 3.43. The first-order chi connectivity index (χ1) is 10.0. The molecule has 0 fully saturated rings. The molecule has 2 aromatic rings. The van der Waals surface area contributed by atoms with E-state index in [0.717, 1.165) is 5.75 Å². The molecular formula is C18H21NO2. The maximum Gasteiger partial charge on any atom is 0.248 e. The lowest BCUT2D eigenvalue weighted by Crippen LogP contribution is -2.12. The monoisotopic (exact) mass is 283 g/mol. The van der Waals surface area contributed by atoms with Crippen LogP contribution >= 0.6 is 0 Å². The van der Waals surface area contributed by atoms with Gasteiger partial charge in [0.25, 0.3) is 0 Å². The lowest BCUT2D eigenvalue weighted by Gasteiger charge is -2.22. The number of ether oxygens (including phenoxy) is 1. The van der Waals surface area contributed by atoms with Crippen LogP contribution in [0.4, 0.5) is 0 Å². The van der Waals surface area contributed by atoms with Gasteiger partial charge in [0.2, 0.25) is 5.91 Å². The summed E-state index contributed by atoms with van der Waals surface area (Å²) in [6, 6.07) is 15.7. The average molecular weight is 283 g/mol. The number of hydrogen-bond acceptors (Lipinski definition) is 2. The molecule has 0 bridgehead atoms. The molecule has 0 saturated heterocycles. The molecule has 1 unspecified atom stereocenters. The van der Waals surface area contributed by atoms with Crippen LogP contribution in [0.2, 0.25) is 0 Å². The quantitative estimate of drug-likeness (QED) is 0.911. The zero-order valence-electron chi connectivity index (χ0n) is 12.7. The summed E-state index contributed by atoms with van der Waals surface area (Å²) in [6.45, 7) is 4.38. The lowest BCUT2D eigenvalue weighted by molar-refractivity contribution is 0.100. The van der Waals surface area contributed by atoms with Crippen LogP contribution in [0.3, 0.4) is 0 Å². The zero-order chi connectivity index (χ0) is 15.4. The lowest BCUT2D eigenvalue weighted by atomic mass is 9.82. The average Bonchev–Trinajstić information content (AvgIpc) is 2.48. The Morgan fingerprint density at radius 1 is 0.952 bits per heavy atom. The van der Waals surface area contributed by atoms with Crippen LogP contribution in [0.25, 0.3) is 0 Å². The van der Waals surface area contributed by atoms with Gasteiger partial charge in [-0.15, -0.1) is 0 Å². The Morgan fingerprint density at radius 2 is 1.43 bits per heavy atom. The molecule has 0 spiro atoms. The number of carbonyl (C=O) groups excluding carboxylic acids is 1. The van der Waals surface area contributed by atoms with Gasteiger partial charge >= 0.3 is 0 Å². The minimum atomic E-state index is -0.396. The van der Waals surface area contributed by atoms with E-state index in [1.807, 2.05) is 24.3 Å². The van der Waals surface area contributed by atoms with Crippen LogP contribution in [-0.2, 0) is 0 Å². The standard InChI is InChI=1S/C18H21NO2/c1-12(2)17(14-8-10-16(21-3)11-9-14)13-4-6-15(7-5-13)18(19)20/h4-12,17H,1-3H3,(H2,19,20). The number of rotatable bonds is 5. The van der Waals surface area contributed by atoms with Gasteiger partial charge in [-0.1, -0.05) is 38.1 Å². The summed E-state index contributed by atoms with van der Waals surface area (Å²) in [4.78, 5) is 11.2. The topological polar surface area (TPSA) is 52.3 Å². The molecule has 0 aliphatic rings. The fourth-order valence-corrected chi connectivity index (χ4v) is 2.63. The van der Waals surface area contributed by atoms with E-state index < -0.39 is 5.91 Å². The van der Waals surface area contributed by atoms with Gasteiger partial charge in [0.05, 0.1) is 7.11 Å². The number of hydrogen-bond donors (Lipinski definition) is 1. The van der Waals surface area contributed by atoms with E-state index in [0.29, 0.717) is 11.5 Å². The molecule has 3 heteroatoms. The van der Waals surface area contributed by atoms with Crippen molar-refractivity contribution < 1.29 is 9.53 Å². The van der Waals surface area contributed by atoms with Crippen molar-refractivity contribution in [1.82, 2.24) is 0 Å². The van der Waals surface area contributed by atoms with Gasteiger partial charge in [-0.2, -0.15) is 0 Å². The van der Waals surface area contributed by atoms with Crippen molar-refractivity contribution in [1.29, 1.82) is 0 Å². The Balaban J connectivity index is 2.35. The Hall–Kier alpha value is -2.29. The summed E-state index contributed by atoms with van der Waals surface area (Å²) in [7, 11) is 1.66. The molecular weight excluding hydrogens is 262 g/mol. The predicted octanol–water partition coefficient (Wildman–Crippen LogP) is 3.58. The summed E-state index contributed by atoms with van der Waals surface area (Å²) in [5.74, 6) is 1.17. The Morgan fingerprint density at radius 3 is 1.81 bits per heavy atom. The largest absolute Gasteiger partial charge is 0.497 e. The molecule has 110 valence electrons. The normalized spacial score (nSPS) is 12.2.